The van der Waals surface area contributed by atoms with E-state index < -0.39 is 0 Å². The largest absolute Gasteiger partial charge is 0.397 e. The van der Waals surface area contributed by atoms with Crippen molar-refractivity contribution in [3.8, 4) is 0 Å². The zero-order valence-corrected chi connectivity index (χ0v) is 14.4. The van der Waals surface area contributed by atoms with Gasteiger partial charge >= 0.3 is 0 Å². The Morgan fingerprint density at radius 1 is 1.17 bits per heavy atom. The lowest BCUT2D eigenvalue weighted by molar-refractivity contribution is 0.0431. The molecule has 5 heteroatoms. The summed E-state index contributed by atoms with van der Waals surface area (Å²) in [6, 6.07) is 14.5. The molecule has 0 aliphatic carbocycles. The molecule has 0 radical (unpaired) electrons. The second-order valence-electron chi connectivity index (χ2n) is 6.11. The number of nitrogens with two attached hydrogens (primary N) is 1. The van der Waals surface area contributed by atoms with Gasteiger partial charge in [0.05, 0.1) is 17.5 Å². The maximum Gasteiger partial charge on any atom is 0.0924 e. The van der Waals surface area contributed by atoms with Crippen LogP contribution in [0, 0.1) is 0 Å². The summed E-state index contributed by atoms with van der Waals surface area (Å²) in [6.07, 6.45) is 0.377. The fraction of sp³-hybridized carbons (Fsp3) is 0.368. The van der Waals surface area contributed by atoms with Gasteiger partial charge in [-0.05, 0) is 55.9 Å². The van der Waals surface area contributed by atoms with Gasteiger partial charge in [-0.3, -0.25) is 0 Å². The van der Waals surface area contributed by atoms with Gasteiger partial charge in [0.2, 0.25) is 0 Å². The highest BCUT2D eigenvalue weighted by Crippen LogP contribution is 2.28. The molecule has 1 fully saturated rings. The van der Waals surface area contributed by atoms with Crippen molar-refractivity contribution in [2.24, 2.45) is 0 Å². The summed E-state index contributed by atoms with van der Waals surface area (Å²) >= 11 is 0. The highest BCUT2D eigenvalue weighted by Gasteiger charge is 2.26. The van der Waals surface area contributed by atoms with Crippen LogP contribution < -0.4 is 21.3 Å². The first kappa shape index (κ1) is 16.6. The van der Waals surface area contributed by atoms with Crippen molar-refractivity contribution >= 4 is 22.7 Å². The molecule has 2 aromatic carbocycles. The Labute approximate surface area is 143 Å². The van der Waals surface area contributed by atoms with Crippen molar-refractivity contribution < 1.29 is 4.74 Å². The van der Waals surface area contributed by atoms with Gasteiger partial charge in [0.15, 0.2) is 0 Å². The summed E-state index contributed by atoms with van der Waals surface area (Å²) in [5, 5.41) is 6.56. The SMILES string of the molecule is CCOC1CN(c2ccc(Nc3cc(CNC)ccc3N)cc2)C1. The third-order valence-corrected chi connectivity index (χ3v) is 4.26. The van der Waals surface area contributed by atoms with Crippen molar-refractivity contribution in [3.05, 3.63) is 48.0 Å². The van der Waals surface area contributed by atoms with Crippen LogP contribution in [0.1, 0.15) is 12.5 Å². The Bertz CT molecular complexity index is 666. The Kier molecular flexibility index (Phi) is 5.23. The van der Waals surface area contributed by atoms with Gasteiger partial charge in [0.1, 0.15) is 0 Å². The van der Waals surface area contributed by atoms with Gasteiger partial charge in [-0.1, -0.05) is 6.07 Å². The van der Waals surface area contributed by atoms with Crippen molar-refractivity contribution in [1.82, 2.24) is 5.32 Å². The van der Waals surface area contributed by atoms with Crippen LogP contribution in [-0.2, 0) is 11.3 Å². The normalized spacial score (nSPS) is 14.5. The maximum absolute atomic E-state index is 6.08. The minimum atomic E-state index is 0.377. The number of nitrogens with zero attached hydrogens (tertiary/aromatic N) is 1. The van der Waals surface area contributed by atoms with E-state index in [1.54, 1.807) is 0 Å². The Hall–Kier alpha value is -2.24. The van der Waals surface area contributed by atoms with E-state index in [0.717, 1.165) is 43.3 Å². The lowest BCUT2D eigenvalue weighted by Crippen LogP contribution is -2.52. The van der Waals surface area contributed by atoms with Crippen LogP contribution in [0.3, 0.4) is 0 Å². The predicted molar refractivity (Wildman–Crippen MR) is 101 cm³/mol. The molecule has 128 valence electrons. The van der Waals surface area contributed by atoms with E-state index in [4.69, 9.17) is 10.5 Å². The lowest BCUT2D eigenvalue weighted by Gasteiger charge is -2.40. The smallest absolute Gasteiger partial charge is 0.0924 e. The van der Waals surface area contributed by atoms with E-state index in [9.17, 15) is 0 Å². The molecule has 1 aliphatic rings. The Morgan fingerprint density at radius 2 is 1.92 bits per heavy atom. The molecule has 2 aromatic rings. The second kappa shape index (κ2) is 7.55. The summed E-state index contributed by atoms with van der Waals surface area (Å²) in [6.45, 7) is 5.60. The molecule has 0 unspecified atom stereocenters. The molecule has 1 aliphatic heterocycles. The molecular weight excluding hydrogens is 300 g/mol. The molecule has 0 amide bonds. The molecule has 1 heterocycles. The van der Waals surface area contributed by atoms with Gasteiger partial charge < -0.3 is 26.0 Å². The van der Waals surface area contributed by atoms with Crippen LogP contribution in [-0.4, -0.2) is 32.8 Å². The summed E-state index contributed by atoms with van der Waals surface area (Å²) in [7, 11) is 1.94. The first-order valence-electron chi connectivity index (χ1n) is 8.46. The number of nitrogens with one attached hydrogen (secondary N) is 2. The number of hydrogen-bond acceptors (Lipinski definition) is 5. The van der Waals surface area contributed by atoms with Crippen molar-refractivity contribution in [2.75, 3.05) is 42.7 Å². The van der Waals surface area contributed by atoms with Crippen molar-refractivity contribution in [3.63, 3.8) is 0 Å². The molecule has 1 saturated heterocycles. The fourth-order valence-electron chi connectivity index (χ4n) is 2.93. The van der Waals surface area contributed by atoms with E-state index in [0.29, 0.717) is 6.10 Å². The van der Waals surface area contributed by atoms with Gasteiger partial charge in [-0.2, -0.15) is 0 Å². The number of hydrogen-bond donors (Lipinski definition) is 3. The van der Waals surface area contributed by atoms with Crippen LogP contribution >= 0.6 is 0 Å². The van der Waals surface area contributed by atoms with Crippen molar-refractivity contribution in [1.29, 1.82) is 0 Å². The third kappa shape index (κ3) is 3.80. The standard InChI is InChI=1S/C19H26N4O/c1-3-24-17-12-23(13-17)16-7-5-15(6-8-16)22-19-10-14(11-21-2)4-9-18(19)20/h4-10,17,21-22H,3,11-13,20H2,1-2H3. The lowest BCUT2D eigenvalue weighted by atomic mass is 10.1. The van der Waals surface area contributed by atoms with Crippen LogP contribution in [0.5, 0.6) is 0 Å². The van der Waals surface area contributed by atoms with E-state index in [1.165, 1.54) is 11.3 Å². The van der Waals surface area contributed by atoms with Gasteiger partial charge in [-0.15, -0.1) is 0 Å². The predicted octanol–water partition coefficient (Wildman–Crippen LogP) is 2.96. The quantitative estimate of drug-likeness (QED) is 0.683. The number of ether oxygens (including phenoxy) is 1. The molecule has 3 rings (SSSR count). The van der Waals surface area contributed by atoms with E-state index in [1.807, 2.05) is 26.1 Å². The van der Waals surface area contributed by atoms with Gasteiger partial charge in [0, 0.05) is 37.6 Å². The third-order valence-electron chi connectivity index (χ3n) is 4.26. The summed E-state index contributed by atoms with van der Waals surface area (Å²) in [5.41, 5.74) is 11.2. The molecule has 4 N–H and O–H groups in total. The molecule has 24 heavy (non-hydrogen) atoms. The minimum absolute atomic E-state index is 0.377. The topological polar surface area (TPSA) is 62.5 Å². The average molecular weight is 326 g/mol. The first-order chi connectivity index (χ1) is 11.7. The number of benzene rings is 2. The molecule has 5 nitrogen and oxygen atoms in total. The molecule has 0 bridgehead atoms. The zero-order valence-electron chi connectivity index (χ0n) is 14.4. The molecule has 0 aromatic heterocycles. The zero-order chi connectivity index (χ0) is 16.9. The summed E-state index contributed by atoms with van der Waals surface area (Å²) in [5.74, 6) is 0. The van der Waals surface area contributed by atoms with Gasteiger partial charge in [0.25, 0.3) is 0 Å². The Balaban J connectivity index is 1.63. The van der Waals surface area contributed by atoms with Crippen LogP contribution in [0.2, 0.25) is 0 Å². The second-order valence-corrected chi connectivity index (χ2v) is 6.11. The summed E-state index contributed by atoms with van der Waals surface area (Å²) in [4.78, 5) is 2.33. The molecule has 0 saturated carbocycles. The fourth-order valence-corrected chi connectivity index (χ4v) is 2.93. The van der Waals surface area contributed by atoms with Gasteiger partial charge in [-0.25, -0.2) is 0 Å². The van der Waals surface area contributed by atoms with Crippen LogP contribution in [0.25, 0.3) is 0 Å². The van der Waals surface area contributed by atoms with E-state index in [2.05, 4.69) is 45.9 Å². The molecule has 0 atom stereocenters. The van der Waals surface area contributed by atoms with E-state index >= 15 is 0 Å². The van der Waals surface area contributed by atoms with Crippen LogP contribution in [0.15, 0.2) is 42.5 Å². The van der Waals surface area contributed by atoms with Crippen LogP contribution in [0.4, 0.5) is 22.7 Å². The first-order valence-corrected chi connectivity index (χ1v) is 8.46. The maximum atomic E-state index is 6.08. The highest BCUT2D eigenvalue weighted by molar-refractivity contribution is 5.74. The average Bonchev–Trinajstić information content (AvgIpc) is 2.55. The van der Waals surface area contributed by atoms with E-state index in [-0.39, 0.29) is 0 Å². The minimum Gasteiger partial charge on any atom is -0.397 e. The summed E-state index contributed by atoms with van der Waals surface area (Å²) < 4.78 is 5.60. The number of anilines is 4. The van der Waals surface area contributed by atoms with Crippen molar-refractivity contribution in [2.45, 2.75) is 19.6 Å². The number of nitrogen functional groups attached to an aromatic ring is 1. The molecule has 0 spiro atoms. The Morgan fingerprint density at radius 3 is 2.58 bits per heavy atom. The monoisotopic (exact) mass is 326 g/mol. The number of rotatable bonds is 7. The molecular formula is C19H26N4O. The highest BCUT2D eigenvalue weighted by atomic mass is 16.5.